The van der Waals surface area contributed by atoms with E-state index in [0.29, 0.717) is 65.5 Å². The maximum Gasteiger partial charge on any atom is 0.315 e. The summed E-state index contributed by atoms with van der Waals surface area (Å²) >= 11 is 1.94. The lowest BCUT2D eigenvalue weighted by molar-refractivity contribution is -0.135. The largest absolute Gasteiger partial charge is 0.508 e. The summed E-state index contributed by atoms with van der Waals surface area (Å²) in [4.78, 5) is 72.7. The van der Waals surface area contributed by atoms with Crippen molar-refractivity contribution >= 4 is 57.6 Å². The van der Waals surface area contributed by atoms with Gasteiger partial charge < -0.3 is 30.9 Å². The molecule has 6 N–H and O–H groups in total. The fourth-order valence-corrected chi connectivity index (χ4v) is 9.92. The van der Waals surface area contributed by atoms with Crippen LogP contribution in [-0.4, -0.2) is 91.0 Å². The number of hydrogen-bond acceptors (Lipinski definition) is 10. The Labute approximate surface area is 477 Å². The Hall–Kier alpha value is -4.07. The number of phenolic OH excluding ortho intramolecular Hbond substituents is 1. The molecule has 0 saturated carbocycles. The molecule has 4 rings (SSSR count). The molecular weight excluding hydrogens is 999 g/mol. The standard InChI is InChI=1S/C15H21NO.C14H24N2O2S.C14H26O4.C12H22O.C10H18O/c1-15(2,3)8-4-5-11-10-16-14-7-6-12(17)9-13(11)14;1-14(2,3)11(17)7-5-4-6-10-12-9(8-19-10)15-13(18)16-12;1-13(2,3)11(17)8-6-7-10(16)12(18)14(4,5)9-15;1-6-7-8-9-12(4,5)11(13)10(2)3;1-5-6-7-8-9(11)10(2,3)4/h6-7,9-10,16-17H,4-5,8H2,1-3H3;9-10,12H,4-8H2,1-3H3,(H2,15,16,18);12,15,18H,6-9H2,1-5H3;7-8,10H,6,9H2,1-5H3;6-7H,5,8H2,1-4H3/b;;;8-7-;7-6-/t;9-,10-,12-;12-;;/m.00../s1. The van der Waals surface area contributed by atoms with Gasteiger partial charge in [-0.2, -0.15) is 11.8 Å². The summed E-state index contributed by atoms with van der Waals surface area (Å²) in [5.41, 5.74) is 1.01. The molecule has 2 aliphatic heterocycles. The summed E-state index contributed by atoms with van der Waals surface area (Å²) in [5.74, 6) is 2.31. The van der Waals surface area contributed by atoms with Crippen molar-refractivity contribution in [2.75, 3.05) is 12.4 Å². The van der Waals surface area contributed by atoms with E-state index in [1.807, 2.05) is 126 Å². The first-order chi connectivity index (χ1) is 35.7. The monoisotopic (exact) mass is 1110 g/mol. The molecule has 3 heterocycles. The number of benzene rings is 1. The van der Waals surface area contributed by atoms with E-state index in [1.54, 1.807) is 19.9 Å². The van der Waals surface area contributed by atoms with Gasteiger partial charge in [0.1, 0.15) is 35.0 Å². The molecule has 12 nitrogen and oxygen atoms in total. The fourth-order valence-electron chi connectivity index (χ4n) is 8.38. The third-order valence-electron chi connectivity index (χ3n) is 13.9. The quantitative estimate of drug-likeness (QED) is 0.0353. The van der Waals surface area contributed by atoms with Gasteiger partial charge in [0.05, 0.1) is 18.7 Å². The number of allylic oxidation sites excluding steroid dienone is 4. The van der Waals surface area contributed by atoms with Crippen LogP contribution in [0.5, 0.6) is 5.75 Å². The average molecular weight is 1110 g/mol. The number of aromatic nitrogens is 1. The second-order valence-corrected chi connectivity index (χ2v) is 28.6. The van der Waals surface area contributed by atoms with E-state index in [4.69, 9.17) is 5.11 Å². The average Bonchev–Trinajstić information content (AvgIpc) is 4.02. The van der Waals surface area contributed by atoms with Gasteiger partial charge in [0, 0.05) is 86.8 Å². The normalized spacial score (nSPS) is 17.1. The summed E-state index contributed by atoms with van der Waals surface area (Å²) in [6.07, 6.45) is 20.9. The van der Waals surface area contributed by atoms with E-state index in [-0.39, 0.29) is 64.2 Å². The zero-order valence-electron chi connectivity index (χ0n) is 52.5. The molecule has 4 atom stereocenters. The predicted molar refractivity (Wildman–Crippen MR) is 327 cm³/mol. The number of rotatable bonds is 23. The van der Waals surface area contributed by atoms with Gasteiger partial charge in [-0.15, -0.1) is 0 Å². The smallest absolute Gasteiger partial charge is 0.315 e. The number of carbonyl (C=O) groups is 6. The molecule has 446 valence electrons. The second kappa shape index (κ2) is 34.3. The van der Waals surface area contributed by atoms with Crippen LogP contribution in [0.3, 0.4) is 0 Å². The molecule has 0 spiro atoms. The maximum atomic E-state index is 11.8. The first-order valence-corrected chi connectivity index (χ1v) is 30.0. The highest BCUT2D eigenvalue weighted by Gasteiger charge is 2.42. The van der Waals surface area contributed by atoms with Gasteiger partial charge in [0.2, 0.25) is 0 Å². The van der Waals surface area contributed by atoms with Gasteiger partial charge in [0.25, 0.3) is 0 Å². The Bertz CT molecular complexity index is 2210. The molecule has 0 unspecified atom stereocenters. The van der Waals surface area contributed by atoms with Gasteiger partial charge in [-0.25, -0.2) is 4.79 Å². The number of Topliss-reactive ketones (excluding diaryl/α,β-unsaturated/α-hetero) is 5. The molecule has 13 heteroatoms. The molecule has 2 aliphatic rings. The van der Waals surface area contributed by atoms with Crippen LogP contribution in [0.25, 0.3) is 10.9 Å². The molecule has 2 amide bonds. The molecule has 2 fully saturated rings. The van der Waals surface area contributed by atoms with E-state index < -0.39 is 11.5 Å². The van der Waals surface area contributed by atoms with Crippen LogP contribution in [-0.2, 0) is 30.4 Å². The number of aryl methyl sites for hydroxylation is 1. The number of ketones is 5. The number of aliphatic hydroxyl groups excluding tert-OH is 2. The van der Waals surface area contributed by atoms with E-state index in [0.717, 1.165) is 61.6 Å². The number of unbranched alkanes of at least 4 members (excludes halogenated alkanes) is 1. The minimum absolute atomic E-state index is 0.0248. The summed E-state index contributed by atoms with van der Waals surface area (Å²) in [6.45, 7) is 39.3. The molecule has 1 aromatic heterocycles. The molecule has 2 aromatic rings. The first kappa shape index (κ1) is 73.9. The van der Waals surface area contributed by atoms with E-state index in [9.17, 15) is 39.0 Å². The van der Waals surface area contributed by atoms with Crippen LogP contribution in [0, 0.1) is 38.4 Å². The minimum Gasteiger partial charge on any atom is -0.508 e. The van der Waals surface area contributed by atoms with Gasteiger partial charge >= 0.3 is 6.03 Å². The summed E-state index contributed by atoms with van der Waals surface area (Å²) in [5, 5.41) is 36.0. The number of urea groups is 1. The lowest BCUT2D eigenvalue weighted by Crippen LogP contribution is -2.39. The molecular formula is C65H111N3O9S. The van der Waals surface area contributed by atoms with Gasteiger partial charge in [-0.3, -0.25) is 24.0 Å². The SMILES string of the molecule is CC(C)(C)C(=O)CCCC(=O)[C@H](O)C(C)(C)CO.CC(C)(C)C(=O)CCCC[C@@H]1SC[C@@H]2NC(=O)N[C@@H]21.CC(C)(C)CCCc1c[nH]c2ccc(O)cc12.CC/C=C\CC(=O)C(C)(C)C.CC/C=C\CC(C)(C)C(=O)C(C)C. The van der Waals surface area contributed by atoms with Crippen molar-refractivity contribution in [2.45, 2.75) is 252 Å². The molecule has 0 bridgehead atoms. The van der Waals surface area contributed by atoms with E-state index in [2.05, 4.69) is 68.6 Å². The number of thioether (sulfide) groups is 1. The molecule has 1 aromatic carbocycles. The van der Waals surface area contributed by atoms with Crippen LogP contribution >= 0.6 is 11.8 Å². The molecule has 2 saturated heterocycles. The number of amides is 2. The highest BCUT2D eigenvalue weighted by molar-refractivity contribution is 8.00. The maximum absolute atomic E-state index is 11.8. The summed E-state index contributed by atoms with van der Waals surface area (Å²) in [7, 11) is 0. The number of carbonyl (C=O) groups excluding carboxylic acids is 6. The zero-order valence-corrected chi connectivity index (χ0v) is 53.3. The van der Waals surface area contributed by atoms with Crippen LogP contribution in [0.4, 0.5) is 4.79 Å². The number of fused-ring (bicyclic) bond motifs is 2. The van der Waals surface area contributed by atoms with Crippen molar-refractivity contribution in [3.8, 4) is 5.75 Å². The number of H-pyrrole nitrogens is 1. The van der Waals surface area contributed by atoms with E-state index in [1.165, 1.54) is 18.4 Å². The van der Waals surface area contributed by atoms with Crippen LogP contribution in [0.2, 0.25) is 0 Å². The van der Waals surface area contributed by atoms with Crippen LogP contribution < -0.4 is 10.6 Å². The third-order valence-corrected chi connectivity index (χ3v) is 15.4. The number of aromatic hydroxyl groups is 1. The number of aliphatic hydroxyl groups is 2. The third kappa shape index (κ3) is 29.4. The number of phenols is 1. The number of aromatic amines is 1. The predicted octanol–water partition coefficient (Wildman–Crippen LogP) is 14.8. The van der Waals surface area contributed by atoms with Crippen molar-refractivity contribution in [1.29, 1.82) is 0 Å². The van der Waals surface area contributed by atoms with Gasteiger partial charge in [0.15, 0.2) is 5.78 Å². The lowest BCUT2D eigenvalue weighted by atomic mass is 9.79. The molecule has 0 radical (unpaired) electrons. The fraction of sp³-hybridized carbons (Fsp3) is 0.723. The van der Waals surface area contributed by atoms with Gasteiger partial charge in [-0.1, -0.05) is 169 Å². The summed E-state index contributed by atoms with van der Waals surface area (Å²) in [6, 6.07) is 6.06. The Morgan fingerprint density at radius 3 is 1.78 bits per heavy atom. The lowest BCUT2D eigenvalue weighted by Gasteiger charge is -2.27. The van der Waals surface area contributed by atoms with Crippen LogP contribution in [0.15, 0.2) is 48.7 Å². The topological polar surface area (TPSA) is 203 Å². The first-order valence-electron chi connectivity index (χ1n) is 29.0. The number of hydrogen-bond donors (Lipinski definition) is 6. The molecule has 78 heavy (non-hydrogen) atoms. The van der Waals surface area contributed by atoms with Crippen molar-refractivity contribution in [2.24, 2.45) is 38.4 Å². The van der Waals surface area contributed by atoms with Gasteiger partial charge in [-0.05, 0) is 87.0 Å². The molecule has 0 aliphatic carbocycles. The Morgan fingerprint density at radius 1 is 0.718 bits per heavy atom. The highest BCUT2D eigenvalue weighted by atomic mass is 32.2. The Balaban J connectivity index is 0.000000963. The minimum atomic E-state index is -1.17. The van der Waals surface area contributed by atoms with Crippen molar-refractivity contribution in [1.82, 2.24) is 15.6 Å². The number of nitrogens with one attached hydrogen (secondary N) is 3. The second-order valence-electron chi connectivity index (χ2n) is 27.3. The van der Waals surface area contributed by atoms with E-state index >= 15 is 0 Å². The summed E-state index contributed by atoms with van der Waals surface area (Å²) < 4.78 is 0. The zero-order chi connectivity index (χ0) is 60.5. The van der Waals surface area contributed by atoms with Crippen LogP contribution in [0.1, 0.15) is 228 Å². The Morgan fingerprint density at radius 2 is 1.27 bits per heavy atom. The highest BCUT2D eigenvalue weighted by Crippen LogP contribution is 2.34. The Kier molecular flexibility index (Phi) is 32.5. The van der Waals surface area contributed by atoms with Crippen molar-refractivity contribution in [3.05, 3.63) is 54.3 Å². The van der Waals surface area contributed by atoms with Crippen molar-refractivity contribution in [3.63, 3.8) is 0 Å². The van der Waals surface area contributed by atoms with Crippen molar-refractivity contribution < 1.29 is 44.1 Å².